The number of rotatable bonds is 3. The number of carbonyl (C=O) groups excluding carboxylic acids is 1. The molecule has 1 saturated heterocycles. The molecule has 0 spiro atoms. The number of aryl methyl sites for hydroxylation is 1. The lowest BCUT2D eigenvalue weighted by Crippen LogP contribution is -2.35. The van der Waals surface area contributed by atoms with Gasteiger partial charge in [0.15, 0.2) is 0 Å². The van der Waals surface area contributed by atoms with E-state index in [-0.39, 0.29) is 11.8 Å². The van der Waals surface area contributed by atoms with Gasteiger partial charge in [-0.05, 0) is 50.2 Å². The zero-order valence-electron chi connectivity index (χ0n) is 15.5. The van der Waals surface area contributed by atoms with Gasteiger partial charge in [0.05, 0.1) is 23.5 Å². The SMILES string of the molecule is N#C[C@@]1(C2CC2)CCN(c2ccnn3cc(-c4cnn5c4CCC5)cc23)C1=O. The smallest absolute Gasteiger partial charge is 0.247 e. The summed E-state index contributed by atoms with van der Waals surface area (Å²) in [6.45, 7) is 1.57. The van der Waals surface area contributed by atoms with Gasteiger partial charge in [-0.1, -0.05) is 0 Å². The lowest BCUT2D eigenvalue weighted by atomic mass is 9.83. The fourth-order valence-electron chi connectivity index (χ4n) is 5.00. The predicted molar refractivity (Wildman–Crippen MR) is 102 cm³/mol. The predicted octanol–water partition coefficient (Wildman–Crippen LogP) is 2.80. The van der Waals surface area contributed by atoms with Crippen molar-refractivity contribution in [3.8, 4) is 17.2 Å². The van der Waals surface area contributed by atoms with E-state index in [0.717, 1.165) is 54.6 Å². The highest BCUT2D eigenvalue weighted by Gasteiger charge is 2.57. The monoisotopic (exact) mass is 372 g/mol. The van der Waals surface area contributed by atoms with Gasteiger partial charge >= 0.3 is 0 Å². The van der Waals surface area contributed by atoms with E-state index < -0.39 is 5.41 Å². The molecule has 3 aromatic heterocycles. The molecule has 1 aliphatic carbocycles. The van der Waals surface area contributed by atoms with Gasteiger partial charge < -0.3 is 4.90 Å². The largest absolute Gasteiger partial charge is 0.309 e. The maximum absolute atomic E-state index is 13.2. The number of nitrogens with zero attached hydrogens (tertiary/aromatic N) is 6. The summed E-state index contributed by atoms with van der Waals surface area (Å²) in [6.07, 6.45) is 10.4. The molecule has 3 aromatic rings. The summed E-state index contributed by atoms with van der Waals surface area (Å²) < 4.78 is 3.91. The highest BCUT2D eigenvalue weighted by atomic mass is 16.2. The zero-order valence-corrected chi connectivity index (χ0v) is 15.5. The van der Waals surface area contributed by atoms with Crippen LogP contribution in [0.2, 0.25) is 0 Å². The molecule has 2 aliphatic heterocycles. The Morgan fingerprint density at radius 2 is 2.14 bits per heavy atom. The van der Waals surface area contributed by atoms with Gasteiger partial charge in [-0.3, -0.25) is 9.48 Å². The van der Waals surface area contributed by atoms with Crippen LogP contribution >= 0.6 is 0 Å². The van der Waals surface area contributed by atoms with Crippen LogP contribution < -0.4 is 4.90 Å². The van der Waals surface area contributed by atoms with Crippen LogP contribution in [-0.2, 0) is 17.8 Å². The van der Waals surface area contributed by atoms with Crippen LogP contribution in [0.1, 0.15) is 31.4 Å². The molecule has 1 amide bonds. The third-order valence-corrected chi connectivity index (χ3v) is 6.65. The molecule has 2 fully saturated rings. The van der Waals surface area contributed by atoms with Crippen LogP contribution in [0.4, 0.5) is 5.69 Å². The van der Waals surface area contributed by atoms with Crippen molar-refractivity contribution in [2.75, 3.05) is 11.4 Å². The van der Waals surface area contributed by atoms with Crippen molar-refractivity contribution in [3.63, 3.8) is 0 Å². The number of nitriles is 1. The van der Waals surface area contributed by atoms with Gasteiger partial charge in [-0.2, -0.15) is 15.5 Å². The molecule has 28 heavy (non-hydrogen) atoms. The maximum atomic E-state index is 13.2. The average molecular weight is 372 g/mol. The van der Waals surface area contributed by atoms with Crippen LogP contribution in [0.25, 0.3) is 16.6 Å². The molecule has 0 radical (unpaired) electrons. The Hall–Kier alpha value is -3.14. The van der Waals surface area contributed by atoms with E-state index in [1.54, 1.807) is 11.1 Å². The zero-order chi connectivity index (χ0) is 18.9. The number of aromatic nitrogens is 4. The van der Waals surface area contributed by atoms with Gasteiger partial charge in [0.2, 0.25) is 5.91 Å². The summed E-state index contributed by atoms with van der Waals surface area (Å²) in [6, 6.07) is 6.35. The van der Waals surface area contributed by atoms with Crippen molar-refractivity contribution in [3.05, 3.63) is 36.4 Å². The summed E-state index contributed by atoms with van der Waals surface area (Å²) in [7, 11) is 0. The van der Waals surface area contributed by atoms with Crippen molar-refractivity contribution in [2.24, 2.45) is 11.3 Å². The Bertz CT molecular complexity index is 1160. The Morgan fingerprint density at radius 3 is 2.96 bits per heavy atom. The summed E-state index contributed by atoms with van der Waals surface area (Å²) in [5, 5.41) is 18.7. The third-order valence-electron chi connectivity index (χ3n) is 6.65. The van der Waals surface area contributed by atoms with Crippen molar-refractivity contribution < 1.29 is 4.79 Å². The van der Waals surface area contributed by atoms with E-state index in [2.05, 4.69) is 27.0 Å². The van der Waals surface area contributed by atoms with Gasteiger partial charge in [0, 0.05) is 42.3 Å². The molecular weight excluding hydrogens is 352 g/mol. The molecule has 0 N–H and O–H groups in total. The van der Waals surface area contributed by atoms with Crippen molar-refractivity contribution in [1.29, 1.82) is 5.26 Å². The van der Waals surface area contributed by atoms with E-state index in [4.69, 9.17) is 0 Å². The summed E-state index contributed by atoms with van der Waals surface area (Å²) >= 11 is 0. The lowest BCUT2D eigenvalue weighted by molar-refractivity contribution is -0.123. The maximum Gasteiger partial charge on any atom is 0.247 e. The summed E-state index contributed by atoms with van der Waals surface area (Å²) in [5.74, 6) is 0.185. The van der Waals surface area contributed by atoms with Crippen LogP contribution in [0, 0.1) is 22.7 Å². The van der Waals surface area contributed by atoms with Crippen LogP contribution in [0.5, 0.6) is 0 Å². The standard InChI is InChI=1S/C21H20N6O/c22-13-21(15-3-4-15)6-9-25(20(21)28)18-5-7-23-27-12-14(10-19(18)27)16-11-24-26-8-1-2-17(16)26/h5,7,10-12,15H,1-4,6,8-9H2/t21-/m1/s1. The van der Waals surface area contributed by atoms with E-state index in [0.29, 0.717) is 13.0 Å². The molecule has 3 aliphatic rings. The van der Waals surface area contributed by atoms with Crippen molar-refractivity contribution in [2.45, 2.75) is 38.6 Å². The van der Waals surface area contributed by atoms with Gasteiger partial charge in [0.1, 0.15) is 5.41 Å². The first kappa shape index (κ1) is 15.9. The third kappa shape index (κ3) is 2.00. The molecule has 0 aromatic carbocycles. The lowest BCUT2D eigenvalue weighted by Gasteiger charge is -2.21. The molecule has 140 valence electrons. The quantitative estimate of drug-likeness (QED) is 0.708. The molecule has 0 unspecified atom stereocenters. The fraction of sp³-hybridized carbons (Fsp3) is 0.429. The number of anilines is 1. The minimum atomic E-state index is -0.831. The highest BCUT2D eigenvalue weighted by Crippen LogP contribution is 2.52. The summed E-state index contributed by atoms with van der Waals surface area (Å²) in [5.41, 5.74) is 4.39. The average Bonchev–Trinajstić information content (AvgIpc) is 3.07. The number of hydrogen-bond acceptors (Lipinski definition) is 4. The van der Waals surface area contributed by atoms with Crippen LogP contribution in [-0.4, -0.2) is 31.8 Å². The second-order valence-electron chi connectivity index (χ2n) is 8.17. The van der Waals surface area contributed by atoms with Gasteiger partial charge in [0.25, 0.3) is 0 Å². The molecule has 6 rings (SSSR count). The molecule has 5 heterocycles. The second-order valence-corrected chi connectivity index (χ2v) is 8.17. The number of amides is 1. The number of hydrogen-bond donors (Lipinski definition) is 0. The Balaban J connectivity index is 1.44. The molecule has 1 atom stereocenters. The Labute approximate surface area is 162 Å². The normalized spacial score (nSPS) is 24.1. The first-order valence-electron chi connectivity index (χ1n) is 9.97. The van der Waals surface area contributed by atoms with Gasteiger partial charge in [-0.25, -0.2) is 4.52 Å². The van der Waals surface area contributed by atoms with E-state index in [9.17, 15) is 10.1 Å². The molecule has 1 saturated carbocycles. The fourth-order valence-corrected chi connectivity index (χ4v) is 5.00. The highest BCUT2D eigenvalue weighted by molar-refractivity contribution is 6.05. The first-order chi connectivity index (χ1) is 13.7. The summed E-state index contributed by atoms with van der Waals surface area (Å²) in [4.78, 5) is 15.0. The van der Waals surface area contributed by atoms with Crippen LogP contribution in [0.15, 0.2) is 30.7 Å². The van der Waals surface area contributed by atoms with E-state index in [1.165, 1.54) is 5.69 Å². The molecule has 7 nitrogen and oxygen atoms in total. The molecular formula is C21H20N6O. The molecule has 0 bridgehead atoms. The second kappa shape index (κ2) is 5.44. The number of fused-ring (bicyclic) bond motifs is 2. The van der Waals surface area contributed by atoms with Gasteiger partial charge in [-0.15, -0.1) is 0 Å². The minimum Gasteiger partial charge on any atom is -0.309 e. The Morgan fingerprint density at radius 1 is 1.25 bits per heavy atom. The van der Waals surface area contributed by atoms with E-state index in [1.807, 2.05) is 23.0 Å². The van der Waals surface area contributed by atoms with Crippen molar-refractivity contribution in [1.82, 2.24) is 19.4 Å². The first-order valence-corrected chi connectivity index (χ1v) is 9.97. The number of carbonyl (C=O) groups is 1. The minimum absolute atomic E-state index is 0.0419. The molecule has 7 heteroatoms. The van der Waals surface area contributed by atoms with Crippen molar-refractivity contribution >= 4 is 17.1 Å². The van der Waals surface area contributed by atoms with Crippen LogP contribution in [0.3, 0.4) is 0 Å². The topological polar surface area (TPSA) is 79.2 Å². The Kier molecular flexibility index (Phi) is 3.09. The van der Waals surface area contributed by atoms with E-state index >= 15 is 0 Å².